The van der Waals surface area contributed by atoms with E-state index in [1.54, 1.807) is 7.11 Å². The molecule has 3 heteroatoms. The van der Waals surface area contributed by atoms with E-state index in [2.05, 4.69) is 79.7 Å². The molecule has 2 nitrogen and oxygen atoms in total. The fraction of sp³-hybridized carbons (Fsp3) is 0.364. The summed E-state index contributed by atoms with van der Waals surface area (Å²) in [5.74, 6) is 1.43. The Kier molecular flexibility index (Phi) is 7.10. The Balaban J connectivity index is 0.00000225. The summed E-state index contributed by atoms with van der Waals surface area (Å²) in [5, 5.41) is 0. The van der Waals surface area contributed by atoms with E-state index in [1.165, 1.54) is 36.0 Å². The van der Waals surface area contributed by atoms with Gasteiger partial charge in [0, 0.05) is 12.0 Å². The highest BCUT2D eigenvalue weighted by Gasteiger charge is 2.30. The number of methoxy groups -OCH3 is 1. The number of ether oxygens (including phenoxy) is 1. The molecule has 2 aromatic carbocycles. The van der Waals surface area contributed by atoms with Gasteiger partial charge >= 0.3 is 0 Å². The molecule has 2 unspecified atom stereocenters. The largest absolute Gasteiger partial charge is 0.497 e. The molecule has 0 spiro atoms. The monoisotopic (exact) mass is 357 g/mol. The number of rotatable bonds is 5. The number of halogens is 1. The van der Waals surface area contributed by atoms with Gasteiger partial charge in [-0.1, -0.05) is 48.5 Å². The Bertz CT molecular complexity index is 679. The molecule has 0 bridgehead atoms. The van der Waals surface area contributed by atoms with Gasteiger partial charge in [-0.3, -0.25) is 0 Å². The highest BCUT2D eigenvalue weighted by atomic mass is 35.5. The standard InChI is InChI=1S/C22H27NO.ClH/c1-23(2)22(18-9-5-4-6-10-18)21-12-8-7-11-20(21)17-13-15-19(24-3)16-14-17;/h4-6,9-11,13-16,21-22H,7-8,12H2,1-3H3;1H. The van der Waals surface area contributed by atoms with Gasteiger partial charge in [-0.2, -0.15) is 0 Å². The van der Waals surface area contributed by atoms with Crippen LogP contribution in [0.5, 0.6) is 5.75 Å². The molecular weight excluding hydrogens is 330 g/mol. The van der Waals surface area contributed by atoms with E-state index >= 15 is 0 Å². The van der Waals surface area contributed by atoms with E-state index in [-0.39, 0.29) is 12.4 Å². The van der Waals surface area contributed by atoms with Crippen molar-refractivity contribution in [3.8, 4) is 5.75 Å². The first-order valence-corrected chi connectivity index (χ1v) is 8.76. The van der Waals surface area contributed by atoms with E-state index in [0.29, 0.717) is 12.0 Å². The lowest BCUT2D eigenvalue weighted by atomic mass is 9.76. The smallest absolute Gasteiger partial charge is 0.118 e. The predicted molar refractivity (Wildman–Crippen MR) is 108 cm³/mol. The van der Waals surface area contributed by atoms with E-state index in [4.69, 9.17) is 4.74 Å². The van der Waals surface area contributed by atoms with Gasteiger partial charge in [0.25, 0.3) is 0 Å². The normalized spacial score (nSPS) is 18.2. The number of hydrogen-bond donors (Lipinski definition) is 0. The number of nitrogens with zero attached hydrogens (tertiary/aromatic N) is 1. The van der Waals surface area contributed by atoms with Crippen LogP contribution in [-0.4, -0.2) is 26.1 Å². The van der Waals surface area contributed by atoms with Gasteiger partial charge in [0.15, 0.2) is 0 Å². The molecule has 0 heterocycles. The fourth-order valence-electron chi connectivity index (χ4n) is 3.89. The summed E-state index contributed by atoms with van der Waals surface area (Å²) in [6, 6.07) is 19.8. The van der Waals surface area contributed by atoms with Gasteiger partial charge in [-0.25, -0.2) is 0 Å². The van der Waals surface area contributed by atoms with Gasteiger partial charge in [0.2, 0.25) is 0 Å². The second kappa shape index (κ2) is 9.07. The summed E-state index contributed by atoms with van der Waals surface area (Å²) < 4.78 is 5.31. The van der Waals surface area contributed by atoms with Crippen LogP contribution in [0.4, 0.5) is 0 Å². The van der Waals surface area contributed by atoms with Crippen LogP contribution in [0, 0.1) is 5.92 Å². The summed E-state index contributed by atoms with van der Waals surface area (Å²) in [4.78, 5) is 2.36. The number of hydrogen-bond acceptors (Lipinski definition) is 2. The average Bonchev–Trinajstić information content (AvgIpc) is 2.63. The SMILES string of the molecule is COc1ccc(C2=CCCCC2C(c2ccccc2)N(C)C)cc1.Cl. The molecule has 0 aliphatic heterocycles. The second-order valence-corrected chi connectivity index (χ2v) is 6.74. The maximum atomic E-state index is 5.31. The minimum atomic E-state index is 0. The molecule has 0 aromatic heterocycles. The van der Waals surface area contributed by atoms with Crippen molar-refractivity contribution in [1.82, 2.24) is 4.90 Å². The van der Waals surface area contributed by atoms with Crippen molar-refractivity contribution in [1.29, 1.82) is 0 Å². The van der Waals surface area contributed by atoms with Gasteiger partial charge in [0.1, 0.15) is 5.75 Å². The topological polar surface area (TPSA) is 12.5 Å². The van der Waals surface area contributed by atoms with Crippen molar-refractivity contribution in [3.05, 3.63) is 71.8 Å². The molecule has 25 heavy (non-hydrogen) atoms. The quantitative estimate of drug-likeness (QED) is 0.690. The summed E-state index contributed by atoms with van der Waals surface area (Å²) in [5.41, 5.74) is 4.20. The molecule has 3 rings (SSSR count). The second-order valence-electron chi connectivity index (χ2n) is 6.74. The van der Waals surface area contributed by atoms with Gasteiger partial charge < -0.3 is 9.64 Å². The Hall–Kier alpha value is -1.77. The third-order valence-electron chi connectivity index (χ3n) is 4.98. The molecule has 0 saturated heterocycles. The van der Waals surface area contributed by atoms with Crippen LogP contribution < -0.4 is 4.74 Å². The van der Waals surface area contributed by atoms with Crippen LogP contribution in [-0.2, 0) is 0 Å². The molecule has 2 atom stereocenters. The highest BCUT2D eigenvalue weighted by molar-refractivity contribution is 5.85. The molecule has 1 aliphatic carbocycles. The van der Waals surface area contributed by atoms with Gasteiger partial charge in [0.05, 0.1) is 7.11 Å². The van der Waals surface area contributed by atoms with Crippen molar-refractivity contribution in [2.24, 2.45) is 5.92 Å². The molecule has 0 amide bonds. The van der Waals surface area contributed by atoms with Crippen molar-refractivity contribution >= 4 is 18.0 Å². The molecule has 0 fully saturated rings. The van der Waals surface area contributed by atoms with E-state index in [9.17, 15) is 0 Å². The van der Waals surface area contributed by atoms with Crippen molar-refractivity contribution in [2.75, 3.05) is 21.2 Å². The fourth-order valence-corrected chi connectivity index (χ4v) is 3.89. The first-order chi connectivity index (χ1) is 11.7. The molecule has 0 saturated carbocycles. The molecule has 134 valence electrons. The molecule has 0 radical (unpaired) electrons. The van der Waals surface area contributed by atoms with Crippen LogP contribution in [0.15, 0.2) is 60.7 Å². The Morgan fingerprint density at radius 1 is 1.00 bits per heavy atom. The molecule has 0 N–H and O–H groups in total. The Morgan fingerprint density at radius 2 is 1.68 bits per heavy atom. The van der Waals surface area contributed by atoms with E-state index < -0.39 is 0 Å². The van der Waals surface area contributed by atoms with Crippen molar-refractivity contribution in [3.63, 3.8) is 0 Å². The zero-order chi connectivity index (χ0) is 16.9. The first-order valence-electron chi connectivity index (χ1n) is 8.76. The van der Waals surface area contributed by atoms with Crippen LogP contribution in [0.1, 0.15) is 36.4 Å². The predicted octanol–water partition coefficient (Wildman–Crippen LogP) is 5.60. The summed E-state index contributed by atoms with van der Waals surface area (Å²) in [7, 11) is 6.10. The minimum Gasteiger partial charge on any atom is -0.497 e. The molecular formula is C22H28ClNO. The van der Waals surface area contributed by atoms with Crippen molar-refractivity contribution < 1.29 is 4.74 Å². The lowest BCUT2D eigenvalue weighted by Crippen LogP contribution is -2.29. The third-order valence-corrected chi connectivity index (χ3v) is 4.98. The van der Waals surface area contributed by atoms with Gasteiger partial charge in [-0.15, -0.1) is 12.4 Å². The maximum absolute atomic E-state index is 5.31. The zero-order valence-corrected chi connectivity index (χ0v) is 16.1. The number of benzene rings is 2. The summed E-state index contributed by atoms with van der Waals surface area (Å²) in [6.45, 7) is 0. The highest BCUT2D eigenvalue weighted by Crippen LogP contribution is 2.42. The Labute approximate surface area is 157 Å². The van der Waals surface area contributed by atoms with E-state index in [0.717, 1.165) is 5.75 Å². The summed E-state index contributed by atoms with van der Waals surface area (Å²) in [6.07, 6.45) is 6.11. The van der Waals surface area contributed by atoms with Crippen molar-refractivity contribution in [2.45, 2.75) is 25.3 Å². The van der Waals surface area contributed by atoms with Crippen LogP contribution in [0.2, 0.25) is 0 Å². The van der Waals surface area contributed by atoms with Gasteiger partial charge in [-0.05, 0) is 62.2 Å². The van der Waals surface area contributed by atoms with E-state index in [1.807, 2.05) is 0 Å². The molecule has 2 aromatic rings. The van der Waals surface area contributed by atoms with Crippen LogP contribution >= 0.6 is 12.4 Å². The first kappa shape index (κ1) is 19.6. The maximum Gasteiger partial charge on any atom is 0.118 e. The van der Waals surface area contributed by atoms with Crippen LogP contribution in [0.3, 0.4) is 0 Å². The minimum absolute atomic E-state index is 0. The third kappa shape index (κ3) is 4.45. The Morgan fingerprint density at radius 3 is 2.28 bits per heavy atom. The average molecular weight is 358 g/mol. The van der Waals surface area contributed by atoms with Crippen LogP contribution in [0.25, 0.3) is 5.57 Å². The summed E-state index contributed by atoms with van der Waals surface area (Å²) >= 11 is 0. The molecule has 1 aliphatic rings. The zero-order valence-electron chi connectivity index (χ0n) is 15.3. The number of allylic oxidation sites excluding steroid dienone is 1. The lowest BCUT2D eigenvalue weighted by Gasteiger charge is -2.36. The lowest BCUT2D eigenvalue weighted by molar-refractivity contribution is 0.234.